The van der Waals surface area contributed by atoms with Crippen LogP contribution in [0.1, 0.15) is 23.2 Å². The van der Waals surface area contributed by atoms with Crippen LogP contribution < -0.4 is 4.74 Å². The van der Waals surface area contributed by atoms with Gasteiger partial charge in [-0.05, 0) is 25.0 Å². The van der Waals surface area contributed by atoms with Gasteiger partial charge in [0.05, 0.1) is 5.56 Å². The van der Waals surface area contributed by atoms with Gasteiger partial charge >= 0.3 is 5.97 Å². The van der Waals surface area contributed by atoms with Crippen molar-refractivity contribution in [3.63, 3.8) is 0 Å². The number of hydrogen-bond acceptors (Lipinski definition) is 6. The van der Waals surface area contributed by atoms with E-state index in [0.717, 1.165) is 12.8 Å². The number of rotatable bonds is 5. The molecule has 1 aromatic carbocycles. The molecule has 1 N–H and O–H groups in total. The van der Waals surface area contributed by atoms with Crippen LogP contribution in [0.4, 0.5) is 0 Å². The van der Waals surface area contributed by atoms with Crippen molar-refractivity contribution >= 4 is 5.97 Å². The van der Waals surface area contributed by atoms with Crippen molar-refractivity contribution in [2.45, 2.75) is 18.9 Å². The van der Waals surface area contributed by atoms with E-state index >= 15 is 0 Å². The topological polar surface area (TPSA) is 105 Å². The van der Waals surface area contributed by atoms with Gasteiger partial charge in [-0.3, -0.25) is 0 Å². The van der Waals surface area contributed by atoms with Gasteiger partial charge in [0.15, 0.2) is 11.9 Å². The second-order valence-electron chi connectivity index (χ2n) is 5.75. The summed E-state index contributed by atoms with van der Waals surface area (Å²) in [4.78, 5) is 19.0. The van der Waals surface area contributed by atoms with E-state index in [-0.39, 0.29) is 11.5 Å². The van der Waals surface area contributed by atoms with Crippen LogP contribution in [-0.4, -0.2) is 40.4 Å². The molecule has 1 aliphatic heterocycles. The maximum absolute atomic E-state index is 10.9. The smallest absolute Gasteiger partial charge is 0.338 e. The third-order valence-electron chi connectivity index (χ3n) is 4.08. The molecule has 7 nitrogen and oxygen atoms in total. The molecule has 0 amide bonds. The number of nitriles is 1. The van der Waals surface area contributed by atoms with Crippen LogP contribution in [-0.2, 0) is 4.74 Å². The Labute approximate surface area is 144 Å². The minimum Gasteiger partial charge on any atom is -0.478 e. The van der Waals surface area contributed by atoms with Gasteiger partial charge in [0.25, 0.3) is 0 Å². The Balaban J connectivity index is 1.76. The molecule has 0 radical (unpaired) electrons. The van der Waals surface area contributed by atoms with Gasteiger partial charge in [-0.2, -0.15) is 5.26 Å². The quantitative estimate of drug-likeness (QED) is 0.892. The fraction of sp³-hybridized carbons (Fsp3) is 0.333. The standard InChI is InChI=1S/C18H17N3O4/c19-9-16(12-4-6-24-7-5-12)25-15-3-1-2-13(8-15)17-20-10-14(11-21-17)18(22)23/h1-3,8,10-12,16H,4-7H2,(H,22,23). The van der Waals surface area contributed by atoms with E-state index in [1.54, 1.807) is 24.3 Å². The van der Waals surface area contributed by atoms with Crippen LogP contribution in [0.5, 0.6) is 5.75 Å². The molecule has 1 aromatic heterocycles. The minimum absolute atomic E-state index is 0.0280. The highest BCUT2D eigenvalue weighted by molar-refractivity contribution is 5.86. The minimum atomic E-state index is -1.07. The summed E-state index contributed by atoms with van der Waals surface area (Å²) in [6.07, 6.45) is 3.60. The first-order chi connectivity index (χ1) is 12.2. The van der Waals surface area contributed by atoms with E-state index < -0.39 is 12.1 Å². The molecule has 25 heavy (non-hydrogen) atoms. The fourth-order valence-corrected chi connectivity index (χ4v) is 2.69. The zero-order valence-electron chi connectivity index (χ0n) is 13.5. The Hall–Kier alpha value is -2.98. The fourth-order valence-electron chi connectivity index (χ4n) is 2.69. The zero-order valence-corrected chi connectivity index (χ0v) is 13.5. The average molecular weight is 339 g/mol. The largest absolute Gasteiger partial charge is 0.478 e. The third-order valence-corrected chi connectivity index (χ3v) is 4.08. The van der Waals surface area contributed by atoms with Crippen molar-refractivity contribution in [1.29, 1.82) is 5.26 Å². The lowest BCUT2D eigenvalue weighted by atomic mass is 9.94. The van der Waals surface area contributed by atoms with Crippen LogP contribution >= 0.6 is 0 Å². The van der Waals surface area contributed by atoms with E-state index in [2.05, 4.69) is 16.0 Å². The molecule has 7 heteroatoms. The molecule has 2 aromatic rings. The SMILES string of the molecule is N#CC(Oc1cccc(-c2ncc(C(=O)O)cn2)c1)C1CCOCC1. The number of carboxylic acid groups (broad SMARTS) is 1. The first kappa shape index (κ1) is 16.9. The molecular weight excluding hydrogens is 322 g/mol. The summed E-state index contributed by atoms with van der Waals surface area (Å²) < 4.78 is 11.2. The van der Waals surface area contributed by atoms with Crippen LogP contribution in [0.25, 0.3) is 11.4 Å². The summed E-state index contributed by atoms with van der Waals surface area (Å²) in [6.45, 7) is 1.30. The molecule has 1 atom stereocenters. The number of aromatic nitrogens is 2. The normalized spacial score (nSPS) is 16.0. The monoisotopic (exact) mass is 339 g/mol. The predicted octanol–water partition coefficient (Wildman–Crippen LogP) is 2.54. The molecule has 128 valence electrons. The highest BCUT2D eigenvalue weighted by atomic mass is 16.5. The van der Waals surface area contributed by atoms with E-state index in [9.17, 15) is 10.1 Å². The van der Waals surface area contributed by atoms with Crippen molar-refractivity contribution < 1.29 is 19.4 Å². The molecule has 1 unspecified atom stereocenters. The van der Waals surface area contributed by atoms with Crippen LogP contribution in [0.2, 0.25) is 0 Å². The molecule has 3 rings (SSSR count). The van der Waals surface area contributed by atoms with E-state index in [1.807, 2.05) is 0 Å². The maximum atomic E-state index is 10.9. The van der Waals surface area contributed by atoms with Crippen LogP contribution in [0.3, 0.4) is 0 Å². The molecule has 1 aliphatic rings. The number of nitrogens with zero attached hydrogens (tertiary/aromatic N) is 3. The second kappa shape index (κ2) is 7.73. The lowest BCUT2D eigenvalue weighted by Crippen LogP contribution is -2.30. The van der Waals surface area contributed by atoms with Gasteiger partial charge in [-0.1, -0.05) is 12.1 Å². The number of carboxylic acids is 1. The Kier molecular flexibility index (Phi) is 5.21. The molecule has 2 heterocycles. The Morgan fingerprint density at radius 1 is 1.32 bits per heavy atom. The van der Waals surface area contributed by atoms with E-state index in [1.165, 1.54) is 12.4 Å². The van der Waals surface area contributed by atoms with Crippen LogP contribution in [0, 0.1) is 17.2 Å². The second-order valence-corrected chi connectivity index (χ2v) is 5.75. The first-order valence-electron chi connectivity index (χ1n) is 7.97. The predicted molar refractivity (Wildman–Crippen MR) is 88.0 cm³/mol. The van der Waals surface area contributed by atoms with Gasteiger partial charge in [-0.15, -0.1) is 0 Å². The number of hydrogen-bond donors (Lipinski definition) is 1. The molecule has 0 saturated carbocycles. The Morgan fingerprint density at radius 3 is 2.68 bits per heavy atom. The van der Waals surface area contributed by atoms with E-state index in [4.69, 9.17) is 14.6 Å². The summed E-state index contributed by atoms with van der Waals surface area (Å²) in [6, 6.07) is 9.34. The molecule has 1 saturated heterocycles. The number of benzene rings is 1. The maximum Gasteiger partial charge on any atom is 0.338 e. The highest BCUT2D eigenvalue weighted by Gasteiger charge is 2.25. The first-order valence-corrected chi connectivity index (χ1v) is 7.97. The summed E-state index contributed by atoms with van der Waals surface area (Å²) in [5.41, 5.74) is 0.721. The molecular formula is C18H17N3O4. The third kappa shape index (κ3) is 4.11. The van der Waals surface area contributed by atoms with Crippen molar-refractivity contribution in [3.05, 3.63) is 42.2 Å². The number of aromatic carboxylic acids is 1. The summed E-state index contributed by atoms with van der Waals surface area (Å²) >= 11 is 0. The lowest BCUT2D eigenvalue weighted by Gasteiger charge is -2.26. The van der Waals surface area contributed by atoms with Gasteiger partial charge in [-0.25, -0.2) is 14.8 Å². The Bertz CT molecular complexity index is 780. The van der Waals surface area contributed by atoms with Gasteiger partial charge < -0.3 is 14.6 Å². The van der Waals surface area contributed by atoms with Gasteiger partial charge in [0.1, 0.15) is 11.8 Å². The van der Waals surface area contributed by atoms with Crippen molar-refractivity contribution in [3.8, 4) is 23.2 Å². The lowest BCUT2D eigenvalue weighted by molar-refractivity contribution is 0.0340. The highest BCUT2D eigenvalue weighted by Crippen LogP contribution is 2.26. The molecule has 0 bridgehead atoms. The summed E-state index contributed by atoms with van der Waals surface area (Å²) in [5, 5.41) is 18.3. The Morgan fingerprint density at radius 2 is 2.04 bits per heavy atom. The molecule has 0 aliphatic carbocycles. The molecule has 1 fully saturated rings. The van der Waals surface area contributed by atoms with Crippen molar-refractivity contribution in [1.82, 2.24) is 9.97 Å². The van der Waals surface area contributed by atoms with Crippen molar-refractivity contribution in [2.24, 2.45) is 5.92 Å². The number of ether oxygens (including phenoxy) is 2. The average Bonchev–Trinajstić information content (AvgIpc) is 2.67. The molecule has 0 spiro atoms. The van der Waals surface area contributed by atoms with Crippen molar-refractivity contribution in [2.75, 3.05) is 13.2 Å². The summed E-state index contributed by atoms with van der Waals surface area (Å²) in [7, 11) is 0. The van der Waals surface area contributed by atoms with Gasteiger partial charge in [0.2, 0.25) is 0 Å². The number of carbonyl (C=O) groups is 1. The van der Waals surface area contributed by atoms with Gasteiger partial charge in [0, 0.05) is 37.1 Å². The summed E-state index contributed by atoms with van der Waals surface area (Å²) in [5.74, 6) is 0.0296. The van der Waals surface area contributed by atoms with Crippen LogP contribution in [0.15, 0.2) is 36.7 Å². The zero-order chi connectivity index (χ0) is 17.6. The van der Waals surface area contributed by atoms with E-state index in [0.29, 0.717) is 30.4 Å².